The molecule has 1 saturated heterocycles. The lowest BCUT2D eigenvalue weighted by atomic mass is 10.1. The fourth-order valence-corrected chi connectivity index (χ4v) is 3.22. The molecule has 3 heterocycles. The molecule has 8 nitrogen and oxygen atoms in total. The van der Waals surface area contributed by atoms with E-state index in [1.807, 2.05) is 0 Å². The highest BCUT2D eigenvalue weighted by Gasteiger charge is 2.32. The Bertz CT molecular complexity index is 953. The van der Waals surface area contributed by atoms with Crippen molar-refractivity contribution in [3.05, 3.63) is 59.8 Å². The Morgan fingerprint density at radius 3 is 2.89 bits per heavy atom. The number of benzene rings is 1. The van der Waals surface area contributed by atoms with E-state index < -0.39 is 0 Å². The molecule has 0 N–H and O–H groups in total. The van der Waals surface area contributed by atoms with Gasteiger partial charge in [0, 0.05) is 32.8 Å². The van der Waals surface area contributed by atoms with Crippen LogP contribution < -0.4 is 4.74 Å². The van der Waals surface area contributed by atoms with Crippen LogP contribution in [0.4, 0.5) is 4.39 Å². The van der Waals surface area contributed by atoms with E-state index in [2.05, 4.69) is 15.2 Å². The van der Waals surface area contributed by atoms with Crippen LogP contribution in [-0.4, -0.2) is 50.4 Å². The van der Waals surface area contributed by atoms with Crippen LogP contribution in [0.15, 0.2) is 41.1 Å². The minimum absolute atomic E-state index is 0.0245. The number of amides is 1. The first-order valence-electron chi connectivity index (χ1n) is 9.08. The molecule has 0 spiro atoms. The average Bonchev–Trinajstić information content (AvgIpc) is 3.43. The molecule has 1 fully saturated rings. The normalized spacial score (nSPS) is 16.5. The van der Waals surface area contributed by atoms with Gasteiger partial charge in [-0.3, -0.25) is 9.48 Å². The summed E-state index contributed by atoms with van der Waals surface area (Å²) in [5, 5.41) is 8.04. The maximum atomic E-state index is 12.9. The quantitative estimate of drug-likeness (QED) is 0.647. The number of rotatable bonds is 6. The first-order chi connectivity index (χ1) is 13.6. The Hall–Kier alpha value is -3.23. The van der Waals surface area contributed by atoms with E-state index in [0.29, 0.717) is 49.3 Å². The van der Waals surface area contributed by atoms with Crippen molar-refractivity contribution >= 4 is 5.91 Å². The lowest BCUT2D eigenvalue weighted by Gasteiger charge is -2.15. The predicted molar refractivity (Wildman–Crippen MR) is 96.4 cm³/mol. The van der Waals surface area contributed by atoms with Gasteiger partial charge in [-0.05, 0) is 36.8 Å². The third-order valence-electron chi connectivity index (χ3n) is 4.76. The number of aromatic nitrogens is 4. The van der Waals surface area contributed by atoms with E-state index in [-0.39, 0.29) is 17.6 Å². The fraction of sp³-hybridized carbons (Fsp3) is 0.368. The number of nitrogens with zero attached hydrogens (tertiary/aromatic N) is 5. The van der Waals surface area contributed by atoms with Gasteiger partial charge in [0.1, 0.15) is 17.3 Å². The molecular weight excluding hydrogens is 365 g/mol. The molecular formula is C19H20FN5O3. The molecule has 0 radical (unpaired) electrons. The molecule has 1 aliphatic heterocycles. The number of halogens is 1. The molecule has 1 unspecified atom stereocenters. The van der Waals surface area contributed by atoms with Gasteiger partial charge in [0.15, 0.2) is 5.82 Å². The Morgan fingerprint density at radius 2 is 2.14 bits per heavy atom. The molecule has 3 aromatic rings. The van der Waals surface area contributed by atoms with Crippen molar-refractivity contribution < 1.29 is 18.4 Å². The predicted octanol–water partition coefficient (Wildman–Crippen LogP) is 2.19. The maximum Gasteiger partial charge on any atom is 0.272 e. The van der Waals surface area contributed by atoms with Crippen molar-refractivity contribution in [1.82, 2.24) is 24.8 Å². The minimum atomic E-state index is -0.303. The number of aryl methyl sites for hydroxylation is 1. The first-order valence-corrected chi connectivity index (χ1v) is 9.08. The van der Waals surface area contributed by atoms with Crippen molar-refractivity contribution in [1.29, 1.82) is 0 Å². The molecule has 28 heavy (non-hydrogen) atoms. The van der Waals surface area contributed by atoms with Crippen LogP contribution in [0, 0.1) is 5.82 Å². The monoisotopic (exact) mass is 385 g/mol. The summed E-state index contributed by atoms with van der Waals surface area (Å²) in [6.07, 6.45) is 2.86. The minimum Gasteiger partial charge on any atom is -0.493 e. The van der Waals surface area contributed by atoms with Gasteiger partial charge in [-0.25, -0.2) is 4.39 Å². The van der Waals surface area contributed by atoms with E-state index in [1.165, 1.54) is 12.1 Å². The van der Waals surface area contributed by atoms with Crippen molar-refractivity contribution in [3.63, 3.8) is 0 Å². The zero-order valence-electron chi connectivity index (χ0n) is 15.4. The lowest BCUT2D eigenvalue weighted by Crippen LogP contribution is -2.30. The highest BCUT2D eigenvalue weighted by Crippen LogP contribution is 2.27. The standard InChI is InChI=1S/C19H20FN5O3/c1-24-16(6-9-21-24)19(26)25-10-7-13(12-25)18-22-17(23-28-18)8-11-27-15-4-2-14(20)3-5-15/h2-6,9,13H,7-8,10-12H2,1H3. The van der Waals surface area contributed by atoms with E-state index >= 15 is 0 Å². The Labute approximate surface area is 160 Å². The number of hydrogen-bond acceptors (Lipinski definition) is 6. The maximum absolute atomic E-state index is 12.9. The summed E-state index contributed by atoms with van der Waals surface area (Å²) in [5.74, 6) is 1.35. The SMILES string of the molecule is Cn1nccc1C(=O)N1CCC(c2nc(CCOc3ccc(F)cc3)no2)C1. The van der Waals surface area contributed by atoms with E-state index in [4.69, 9.17) is 9.26 Å². The molecule has 0 bridgehead atoms. The van der Waals surface area contributed by atoms with Gasteiger partial charge in [-0.2, -0.15) is 10.1 Å². The van der Waals surface area contributed by atoms with Crippen molar-refractivity contribution in [2.75, 3.05) is 19.7 Å². The summed E-state index contributed by atoms with van der Waals surface area (Å²) < 4.78 is 25.4. The van der Waals surface area contributed by atoms with Gasteiger partial charge in [0.05, 0.1) is 12.5 Å². The topological polar surface area (TPSA) is 86.3 Å². The molecule has 4 rings (SSSR count). The van der Waals surface area contributed by atoms with Crippen LogP contribution in [0.5, 0.6) is 5.75 Å². The molecule has 1 atom stereocenters. The van der Waals surface area contributed by atoms with E-state index in [1.54, 1.807) is 41.0 Å². The number of ether oxygens (including phenoxy) is 1. The van der Waals surface area contributed by atoms with Crippen molar-refractivity contribution in [2.45, 2.75) is 18.8 Å². The summed E-state index contributed by atoms with van der Waals surface area (Å²) in [5.41, 5.74) is 0.560. The molecule has 1 aliphatic rings. The third kappa shape index (κ3) is 3.88. The van der Waals surface area contributed by atoms with Crippen LogP contribution in [0.3, 0.4) is 0 Å². The summed E-state index contributed by atoms with van der Waals surface area (Å²) in [7, 11) is 1.75. The second-order valence-corrected chi connectivity index (χ2v) is 6.68. The molecule has 146 valence electrons. The Balaban J connectivity index is 1.30. The number of carbonyl (C=O) groups is 1. The molecule has 2 aromatic heterocycles. The summed E-state index contributed by atoms with van der Waals surface area (Å²) in [4.78, 5) is 18.8. The van der Waals surface area contributed by atoms with Crippen LogP contribution in [0.1, 0.15) is 34.5 Å². The molecule has 1 aromatic carbocycles. The lowest BCUT2D eigenvalue weighted by molar-refractivity contribution is 0.0778. The van der Waals surface area contributed by atoms with Crippen LogP contribution >= 0.6 is 0 Å². The molecule has 1 amide bonds. The van der Waals surface area contributed by atoms with Gasteiger partial charge < -0.3 is 14.2 Å². The first kappa shape index (κ1) is 18.1. The molecule has 0 saturated carbocycles. The van der Waals surface area contributed by atoms with E-state index in [0.717, 1.165) is 6.42 Å². The second-order valence-electron chi connectivity index (χ2n) is 6.68. The molecule has 0 aliphatic carbocycles. The van der Waals surface area contributed by atoms with Crippen molar-refractivity contribution in [3.8, 4) is 5.75 Å². The van der Waals surface area contributed by atoms with Gasteiger partial charge >= 0.3 is 0 Å². The van der Waals surface area contributed by atoms with Gasteiger partial charge in [-0.15, -0.1) is 0 Å². The smallest absolute Gasteiger partial charge is 0.272 e. The zero-order chi connectivity index (χ0) is 19.5. The summed E-state index contributed by atoms with van der Waals surface area (Å²) in [6, 6.07) is 7.55. The van der Waals surface area contributed by atoms with Crippen LogP contribution in [-0.2, 0) is 13.5 Å². The highest BCUT2D eigenvalue weighted by molar-refractivity contribution is 5.92. The van der Waals surface area contributed by atoms with Crippen LogP contribution in [0.2, 0.25) is 0 Å². The Kier molecular flexibility index (Phi) is 5.05. The highest BCUT2D eigenvalue weighted by atomic mass is 19.1. The number of likely N-dealkylation sites (tertiary alicyclic amines) is 1. The van der Waals surface area contributed by atoms with E-state index in [9.17, 15) is 9.18 Å². The summed E-state index contributed by atoms with van der Waals surface area (Å²) >= 11 is 0. The third-order valence-corrected chi connectivity index (χ3v) is 4.76. The Morgan fingerprint density at radius 1 is 1.32 bits per heavy atom. The molecule has 9 heteroatoms. The largest absolute Gasteiger partial charge is 0.493 e. The van der Waals surface area contributed by atoms with Gasteiger partial charge in [-0.1, -0.05) is 5.16 Å². The zero-order valence-corrected chi connectivity index (χ0v) is 15.4. The van der Waals surface area contributed by atoms with Gasteiger partial charge in [0.25, 0.3) is 5.91 Å². The van der Waals surface area contributed by atoms with Crippen LogP contribution in [0.25, 0.3) is 0 Å². The average molecular weight is 385 g/mol. The fourth-order valence-electron chi connectivity index (χ4n) is 3.22. The summed E-state index contributed by atoms with van der Waals surface area (Å²) in [6.45, 7) is 1.54. The number of hydrogen-bond donors (Lipinski definition) is 0. The number of carbonyl (C=O) groups excluding carboxylic acids is 1. The second kappa shape index (κ2) is 7.79. The van der Waals surface area contributed by atoms with Crippen molar-refractivity contribution in [2.24, 2.45) is 7.05 Å². The van der Waals surface area contributed by atoms with Gasteiger partial charge in [0.2, 0.25) is 5.89 Å².